The Kier molecular flexibility index (Phi) is 5.33. The molecule has 1 fully saturated rings. The first-order valence-electron chi connectivity index (χ1n) is 10.8. The van der Waals surface area contributed by atoms with E-state index in [0.29, 0.717) is 0 Å². The van der Waals surface area contributed by atoms with Crippen LogP contribution < -0.4 is 15.5 Å². The largest absolute Gasteiger partial charge is 0.375 e. The number of aromatic nitrogens is 3. The molecule has 7 nitrogen and oxygen atoms in total. The highest BCUT2D eigenvalue weighted by molar-refractivity contribution is 5.86. The molecule has 0 spiro atoms. The van der Waals surface area contributed by atoms with E-state index in [2.05, 4.69) is 64.1 Å². The molecule has 32 heavy (non-hydrogen) atoms. The molecule has 0 saturated carbocycles. The van der Waals surface area contributed by atoms with Gasteiger partial charge in [-0.15, -0.1) is 0 Å². The van der Waals surface area contributed by atoms with Gasteiger partial charge in [0.1, 0.15) is 12.1 Å². The molecule has 162 valence electrons. The maximum absolute atomic E-state index is 5.69. The van der Waals surface area contributed by atoms with Crippen LogP contribution in [0.5, 0.6) is 0 Å². The van der Waals surface area contributed by atoms with Gasteiger partial charge in [-0.3, -0.25) is 0 Å². The molecule has 1 atom stereocenters. The van der Waals surface area contributed by atoms with Crippen molar-refractivity contribution >= 4 is 29.0 Å². The van der Waals surface area contributed by atoms with Crippen LogP contribution in [0.1, 0.15) is 23.6 Å². The number of benzene rings is 1. The summed E-state index contributed by atoms with van der Waals surface area (Å²) in [5, 5.41) is 6.72. The Hall–Kier alpha value is -3.71. The zero-order chi connectivity index (χ0) is 22.1. The van der Waals surface area contributed by atoms with Crippen molar-refractivity contribution in [2.24, 2.45) is 0 Å². The second kappa shape index (κ2) is 8.43. The van der Waals surface area contributed by atoms with Crippen molar-refractivity contribution in [1.82, 2.24) is 20.3 Å². The molecule has 0 aliphatic carbocycles. The van der Waals surface area contributed by atoms with Crippen molar-refractivity contribution in [2.75, 3.05) is 29.9 Å². The average Bonchev–Trinajstić information content (AvgIpc) is 2.79. The average molecular weight is 427 g/mol. The van der Waals surface area contributed by atoms with E-state index >= 15 is 0 Å². The highest BCUT2D eigenvalue weighted by Gasteiger charge is 2.20. The first-order chi connectivity index (χ1) is 15.6. The molecule has 2 aliphatic heterocycles. The van der Waals surface area contributed by atoms with Gasteiger partial charge < -0.3 is 20.3 Å². The SMILES string of the molecule is C=C1NC=Cc2cc(-c3cncnc3)nc(Nc3ccc(N4CCO[C@H](C)C4)c(C)c3)c21. The lowest BCUT2D eigenvalue weighted by molar-refractivity contribution is 0.0532. The molecule has 0 amide bonds. The number of nitrogens with zero attached hydrogens (tertiary/aromatic N) is 4. The van der Waals surface area contributed by atoms with Crippen LogP contribution in [-0.2, 0) is 4.74 Å². The van der Waals surface area contributed by atoms with Crippen LogP contribution in [0, 0.1) is 6.92 Å². The molecule has 2 aromatic heterocycles. The monoisotopic (exact) mass is 426 g/mol. The number of ether oxygens (including phenoxy) is 1. The van der Waals surface area contributed by atoms with E-state index < -0.39 is 0 Å². The summed E-state index contributed by atoms with van der Waals surface area (Å²) in [4.78, 5) is 15.6. The third kappa shape index (κ3) is 3.94. The molecular formula is C25H26N6O. The van der Waals surface area contributed by atoms with Gasteiger partial charge in [0, 0.05) is 59.9 Å². The standard InChI is InChI=1S/C25H26N6O/c1-16-10-21(4-5-23(16)31-8-9-32-17(2)14-31)29-25-24-18(3)28-7-6-19(24)11-22(30-25)20-12-26-15-27-13-20/h4-7,10-13,15,17,28H,3,8-9,14H2,1-2H3,(H,29,30)/t17-/m1/s1. The van der Waals surface area contributed by atoms with Gasteiger partial charge in [-0.25, -0.2) is 15.0 Å². The summed E-state index contributed by atoms with van der Waals surface area (Å²) in [5.74, 6) is 0.746. The van der Waals surface area contributed by atoms with Gasteiger partial charge in [-0.05, 0) is 55.3 Å². The number of hydrogen-bond donors (Lipinski definition) is 2. The topological polar surface area (TPSA) is 75.2 Å². The Morgan fingerprint density at radius 1 is 1.22 bits per heavy atom. The summed E-state index contributed by atoms with van der Waals surface area (Å²) < 4.78 is 5.69. The fraction of sp³-hybridized carbons (Fsp3) is 0.240. The Balaban J connectivity index is 1.50. The van der Waals surface area contributed by atoms with Crippen LogP contribution in [0.15, 0.2) is 55.8 Å². The highest BCUT2D eigenvalue weighted by Crippen LogP contribution is 2.34. The molecule has 0 radical (unpaired) electrons. The Morgan fingerprint density at radius 2 is 2.06 bits per heavy atom. The fourth-order valence-corrected chi connectivity index (χ4v) is 4.25. The molecule has 0 unspecified atom stereocenters. The van der Waals surface area contributed by atoms with E-state index in [9.17, 15) is 0 Å². The first-order valence-corrected chi connectivity index (χ1v) is 10.8. The quantitative estimate of drug-likeness (QED) is 0.642. The number of fused-ring (bicyclic) bond motifs is 1. The number of morpholine rings is 1. The summed E-state index contributed by atoms with van der Waals surface area (Å²) in [7, 11) is 0. The number of hydrogen-bond acceptors (Lipinski definition) is 7. The molecule has 0 bridgehead atoms. The van der Waals surface area contributed by atoms with Crippen molar-refractivity contribution in [3.8, 4) is 11.3 Å². The van der Waals surface area contributed by atoms with Crippen LogP contribution in [0.2, 0.25) is 0 Å². The maximum atomic E-state index is 5.69. The molecule has 1 saturated heterocycles. The zero-order valence-corrected chi connectivity index (χ0v) is 18.3. The molecule has 5 rings (SSSR count). The molecular weight excluding hydrogens is 400 g/mol. The van der Waals surface area contributed by atoms with Crippen LogP contribution in [0.25, 0.3) is 23.0 Å². The molecule has 2 aliphatic rings. The molecule has 1 aromatic carbocycles. The van der Waals surface area contributed by atoms with Crippen molar-refractivity contribution < 1.29 is 4.74 Å². The third-order valence-electron chi connectivity index (χ3n) is 5.77. The number of rotatable bonds is 4. The number of anilines is 3. The van der Waals surface area contributed by atoms with E-state index in [0.717, 1.165) is 59.3 Å². The van der Waals surface area contributed by atoms with E-state index in [4.69, 9.17) is 9.72 Å². The minimum absolute atomic E-state index is 0.243. The van der Waals surface area contributed by atoms with E-state index in [-0.39, 0.29) is 6.10 Å². The third-order valence-corrected chi connectivity index (χ3v) is 5.77. The summed E-state index contributed by atoms with van der Waals surface area (Å²) in [6.07, 6.45) is 9.22. The minimum Gasteiger partial charge on any atom is -0.375 e. The molecule has 2 N–H and O–H groups in total. The number of aryl methyl sites for hydroxylation is 1. The van der Waals surface area contributed by atoms with Gasteiger partial charge in [0.15, 0.2) is 0 Å². The van der Waals surface area contributed by atoms with E-state index in [1.807, 2.05) is 18.3 Å². The Labute approximate surface area is 187 Å². The van der Waals surface area contributed by atoms with Crippen molar-refractivity contribution in [1.29, 1.82) is 0 Å². The highest BCUT2D eigenvalue weighted by atomic mass is 16.5. The lowest BCUT2D eigenvalue weighted by Crippen LogP contribution is -2.41. The van der Waals surface area contributed by atoms with Crippen LogP contribution in [0.3, 0.4) is 0 Å². The smallest absolute Gasteiger partial charge is 0.141 e. The van der Waals surface area contributed by atoms with Gasteiger partial charge in [0.2, 0.25) is 0 Å². The summed E-state index contributed by atoms with van der Waals surface area (Å²) >= 11 is 0. The first kappa shape index (κ1) is 20.2. The van der Waals surface area contributed by atoms with Gasteiger partial charge in [0.25, 0.3) is 0 Å². The Bertz CT molecular complexity index is 1190. The summed E-state index contributed by atoms with van der Waals surface area (Å²) in [5.41, 5.74) is 7.91. The fourth-order valence-electron chi connectivity index (χ4n) is 4.25. The van der Waals surface area contributed by atoms with E-state index in [1.54, 1.807) is 12.4 Å². The van der Waals surface area contributed by atoms with E-state index in [1.165, 1.54) is 17.6 Å². The normalized spacial score (nSPS) is 17.6. The zero-order valence-electron chi connectivity index (χ0n) is 18.3. The number of nitrogens with one attached hydrogen (secondary N) is 2. The van der Waals surface area contributed by atoms with Crippen molar-refractivity contribution in [2.45, 2.75) is 20.0 Å². The van der Waals surface area contributed by atoms with Gasteiger partial charge in [0.05, 0.1) is 18.4 Å². The predicted octanol–water partition coefficient (Wildman–Crippen LogP) is 4.36. The number of pyridine rings is 1. The predicted molar refractivity (Wildman–Crippen MR) is 129 cm³/mol. The molecule has 4 heterocycles. The van der Waals surface area contributed by atoms with Crippen LogP contribution in [-0.4, -0.2) is 40.8 Å². The van der Waals surface area contributed by atoms with Gasteiger partial charge in [-0.2, -0.15) is 0 Å². The molecule has 3 aromatic rings. The Morgan fingerprint density at radius 3 is 2.84 bits per heavy atom. The lowest BCUT2D eigenvalue weighted by atomic mass is 10.0. The summed E-state index contributed by atoms with van der Waals surface area (Å²) in [6.45, 7) is 11.0. The second-order valence-electron chi connectivity index (χ2n) is 8.16. The van der Waals surface area contributed by atoms with Crippen LogP contribution >= 0.6 is 0 Å². The molecule has 7 heteroatoms. The van der Waals surface area contributed by atoms with Gasteiger partial charge in [-0.1, -0.05) is 6.58 Å². The second-order valence-corrected chi connectivity index (χ2v) is 8.16. The maximum Gasteiger partial charge on any atom is 0.141 e. The van der Waals surface area contributed by atoms with Gasteiger partial charge >= 0.3 is 0 Å². The van der Waals surface area contributed by atoms with Crippen molar-refractivity contribution in [3.63, 3.8) is 0 Å². The van der Waals surface area contributed by atoms with Crippen molar-refractivity contribution in [3.05, 3.63) is 72.5 Å². The lowest BCUT2D eigenvalue weighted by Gasteiger charge is -2.34. The minimum atomic E-state index is 0.243. The van der Waals surface area contributed by atoms with Crippen LogP contribution in [0.4, 0.5) is 17.2 Å². The summed E-state index contributed by atoms with van der Waals surface area (Å²) in [6, 6.07) is 8.47.